The average molecular weight is 278 g/mol. The molecule has 3 heterocycles. The molecule has 0 radical (unpaired) electrons. The van der Waals surface area contributed by atoms with E-state index in [1.807, 2.05) is 4.90 Å². The maximum Gasteiger partial charge on any atom is 0.233 e. The van der Waals surface area contributed by atoms with Crippen molar-refractivity contribution < 1.29 is 4.79 Å². The highest BCUT2D eigenvalue weighted by molar-refractivity contribution is 8.00. The number of thioether (sulfide) groups is 1. The minimum Gasteiger partial charge on any atom is -0.341 e. The number of carbonyl (C=O) groups excluding carboxylic acids is 1. The molecule has 1 amide bonds. The van der Waals surface area contributed by atoms with Crippen LogP contribution in [-0.2, 0) is 4.79 Å². The quantitative estimate of drug-likeness (QED) is 0.601. The monoisotopic (exact) mass is 278 g/mol. The Balaban J connectivity index is 1.65. The standard InChI is InChI=1S/C11H14N6OS/c18-8(17-3-1-12-2-4-17)5-19-11-9-10(14-6-13-9)15-7-16-11/h6-7,12H,1-5H2,(H,13,14,15,16). The minimum atomic E-state index is 0.151. The summed E-state index contributed by atoms with van der Waals surface area (Å²) in [6.07, 6.45) is 3.06. The molecule has 1 fully saturated rings. The summed E-state index contributed by atoms with van der Waals surface area (Å²) in [6.45, 7) is 3.30. The molecule has 0 spiro atoms. The van der Waals surface area contributed by atoms with Crippen LogP contribution in [0.15, 0.2) is 17.7 Å². The number of hydrogen-bond acceptors (Lipinski definition) is 6. The van der Waals surface area contributed by atoms with Crippen molar-refractivity contribution in [1.29, 1.82) is 0 Å². The number of fused-ring (bicyclic) bond motifs is 1. The van der Waals surface area contributed by atoms with Crippen molar-refractivity contribution in [3.8, 4) is 0 Å². The first-order valence-corrected chi connectivity index (χ1v) is 7.08. The van der Waals surface area contributed by atoms with Crippen LogP contribution in [0.3, 0.4) is 0 Å². The van der Waals surface area contributed by atoms with Crippen molar-refractivity contribution in [2.45, 2.75) is 5.03 Å². The molecule has 2 aromatic rings. The highest BCUT2D eigenvalue weighted by Gasteiger charge is 2.17. The summed E-state index contributed by atoms with van der Waals surface area (Å²) < 4.78 is 0. The van der Waals surface area contributed by atoms with Crippen LogP contribution in [0.5, 0.6) is 0 Å². The van der Waals surface area contributed by atoms with E-state index in [1.165, 1.54) is 18.1 Å². The van der Waals surface area contributed by atoms with Crippen LogP contribution in [0, 0.1) is 0 Å². The fraction of sp³-hybridized carbons (Fsp3) is 0.455. The van der Waals surface area contributed by atoms with Crippen molar-refractivity contribution in [3.63, 3.8) is 0 Å². The van der Waals surface area contributed by atoms with Crippen molar-refractivity contribution in [1.82, 2.24) is 30.2 Å². The van der Waals surface area contributed by atoms with E-state index in [9.17, 15) is 4.79 Å². The smallest absolute Gasteiger partial charge is 0.233 e. The Morgan fingerprint density at radius 3 is 3.00 bits per heavy atom. The average Bonchev–Trinajstić information content (AvgIpc) is 2.94. The topological polar surface area (TPSA) is 86.8 Å². The molecule has 7 nitrogen and oxygen atoms in total. The molecule has 0 saturated carbocycles. The number of rotatable bonds is 3. The molecule has 0 aromatic carbocycles. The van der Waals surface area contributed by atoms with Gasteiger partial charge in [-0.15, -0.1) is 0 Å². The molecule has 0 aliphatic carbocycles. The fourth-order valence-electron chi connectivity index (χ4n) is 1.99. The van der Waals surface area contributed by atoms with E-state index >= 15 is 0 Å². The lowest BCUT2D eigenvalue weighted by molar-refractivity contribution is -0.128. The van der Waals surface area contributed by atoms with Gasteiger partial charge in [-0.2, -0.15) is 0 Å². The molecule has 1 aliphatic heterocycles. The van der Waals surface area contributed by atoms with E-state index in [0.29, 0.717) is 11.4 Å². The Morgan fingerprint density at radius 2 is 2.16 bits per heavy atom. The van der Waals surface area contributed by atoms with Gasteiger partial charge in [0.25, 0.3) is 0 Å². The van der Waals surface area contributed by atoms with E-state index in [0.717, 1.165) is 36.7 Å². The number of imidazole rings is 1. The number of carbonyl (C=O) groups is 1. The molecule has 8 heteroatoms. The Bertz CT molecular complexity index is 579. The van der Waals surface area contributed by atoms with Gasteiger partial charge in [0, 0.05) is 26.2 Å². The van der Waals surface area contributed by atoms with Crippen LogP contribution in [0.25, 0.3) is 11.2 Å². The van der Waals surface area contributed by atoms with E-state index in [4.69, 9.17) is 0 Å². The third kappa shape index (κ3) is 2.69. The number of H-pyrrole nitrogens is 1. The van der Waals surface area contributed by atoms with Gasteiger partial charge in [-0.05, 0) is 0 Å². The zero-order valence-corrected chi connectivity index (χ0v) is 11.1. The lowest BCUT2D eigenvalue weighted by Gasteiger charge is -2.27. The molecule has 0 unspecified atom stereocenters. The number of aromatic nitrogens is 4. The minimum absolute atomic E-state index is 0.151. The van der Waals surface area contributed by atoms with Crippen LogP contribution in [-0.4, -0.2) is 62.7 Å². The van der Waals surface area contributed by atoms with Crippen molar-refractivity contribution in [3.05, 3.63) is 12.7 Å². The molecule has 2 aromatic heterocycles. The van der Waals surface area contributed by atoms with E-state index in [-0.39, 0.29) is 5.91 Å². The predicted octanol–water partition coefficient (Wildman–Crippen LogP) is -0.123. The first-order chi connectivity index (χ1) is 9.34. The van der Waals surface area contributed by atoms with Gasteiger partial charge in [0.15, 0.2) is 5.65 Å². The molecule has 0 atom stereocenters. The van der Waals surface area contributed by atoms with Crippen LogP contribution in [0.1, 0.15) is 0 Å². The number of nitrogens with zero attached hydrogens (tertiary/aromatic N) is 4. The zero-order chi connectivity index (χ0) is 13.1. The largest absolute Gasteiger partial charge is 0.341 e. The summed E-state index contributed by atoms with van der Waals surface area (Å²) in [6, 6.07) is 0. The molecule has 1 saturated heterocycles. The molecule has 2 N–H and O–H groups in total. The highest BCUT2D eigenvalue weighted by atomic mass is 32.2. The Labute approximate surface area is 114 Å². The number of amides is 1. The van der Waals surface area contributed by atoms with Crippen LogP contribution >= 0.6 is 11.8 Å². The van der Waals surface area contributed by atoms with Gasteiger partial charge >= 0.3 is 0 Å². The Hall–Kier alpha value is -1.67. The predicted molar refractivity (Wildman–Crippen MR) is 71.9 cm³/mol. The molecular formula is C11H14N6OS. The van der Waals surface area contributed by atoms with Crippen LogP contribution < -0.4 is 5.32 Å². The maximum atomic E-state index is 12.1. The SMILES string of the molecule is O=C(CSc1ncnc2nc[nH]c12)N1CCNCC1. The van der Waals surface area contributed by atoms with Gasteiger partial charge in [-0.1, -0.05) is 11.8 Å². The summed E-state index contributed by atoms with van der Waals surface area (Å²) >= 11 is 1.42. The van der Waals surface area contributed by atoms with Gasteiger partial charge in [0.05, 0.1) is 12.1 Å². The van der Waals surface area contributed by atoms with Crippen LogP contribution in [0.2, 0.25) is 0 Å². The van der Waals surface area contributed by atoms with Gasteiger partial charge in [0.1, 0.15) is 16.9 Å². The number of aromatic amines is 1. The summed E-state index contributed by atoms with van der Waals surface area (Å²) in [5.41, 5.74) is 1.42. The third-order valence-corrected chi connectivity index (χ3v) is 3.96. The van der Waals surface area contributed by atoms with E-state index in [2.05, 4.69) is 25.3 Å². The van der Waals surface area contributed by atoms with E-state index < -0.39 is 0 Å². The molecule has 19 heavy (non-hydrogen) atoms. The molecular weight excluding hydrogens is 264 g/mol. The summed E-state index contributed by atoms with van der Waals surface area (Å²) in [5.74, 6) is 0.545. The highest BCUT2D eigenvalue weighted by Crippen LogP contribution is 2.21. The number of piperazine rings is 1. The second-order valence-electron chi connectivity index (χ2n) is 4.20. The third-order valence-electron chi connectivity index (χ3n) is 2.99. The van der Waals surface area contributed by atoms with Crippen molar-refractivity contribution in [2.24, 2.45) is 0 Å². The number of nitrogens with one attached hydrogen (secondary N) is 2. The maximum absolute atomic E-state index is 12.1. The van der Waals surface area contributed by atoms with Crippen molar-refractivity contribution in [2.75, 3.05) is 31.9 Å². The molecule has 3 rings (SSSR count). The van der Waals surface area contributed by atoms with Crippen molar-refractivity contribution >= 4 is 28.8 Å². The summed E-state index contributed by atoms with van der Waals surface area (Å²) in [5, 5.41) is 4.00. The van der Waals surface area contributed by atoms with Crippen LogP contribution in [0.4, 0.5) is 0 Å². The van der Waals surface area contributed by atoms with Gasteiger partial charge in [-0.25, -0.2) is 15.0 Å². The second kappa shape index (κ2) is 5.54. The number of hydrogen-bond donors (Lipinski definition) is 2. The first kappa shape index (κ1) is 12.4. The summed E-state index contributed by atoms with van der Waals surface area (Å²) in [4.78, 5) is 29.3. The molecule has 100 valence electrons. The zero-order valence-electron chi connectivity index (χ0n) is 10.3. The second-order valence-corrected chi connectivity index (χ2v) is 5.16. The first-order valence-electron chi connectivity index (χ1n) is 6.10. The Morgan fingerprint density at radius 1 is 1.32 bits per heavy atom. The lowest BCUT2D eigenvalue weighted by Crippen LogP contribution is -2.47. The lowest BCUT2D eigenvalue weighted by atomic mass is 10.3. The molecule has 1 aliphatic rings. The normalized spacial score (nSPS) is 15.9. The summed E-state index contributed by atoms with van der Waals surface area (Å²) in [7, 11) is 0. The van der Waals surface area contributed by atoms with Gasteiger partial charge < -0.3 is 15.2 Å². The molecule has 0 bridgehead atoms. The Kier molecular flexibility index (Phi) is 3.60. The fourth-order valence-corrected chi connectivity index (χ4v) is 2.85. The van der Waals surface area contributed by atoms with Gasteiger partial charge in [0.2, 0.25) is 5.91 Å². The van der Waals surface area contributed by atoms with Gasteiger partial charge in [-0.3, -0.25) is 4.79 Å². The van der Waals surface area contributed by atoms with E-state index in [1.54, 1.807) is 6.33 Å².